The minimum Gasteiger partial charge on any atom is -0.303 e. The predicted molar refractivity (Wildman–Crippen MR) is 65.6 cm³/mol. The first-order chi connectivity index (χ1) is 6.63. The summed E-state index contributed by atoms with van der Waals surface area (Å²) in [5.74, 6) is 0.790. The van der Waals surface area contributed by atoms with E-state index in [0.717, 1.165) is 12.0 Å². The highest BCUT2D eigenvalue weighted by molar-refractivity contribution is 7.96. The smallest absolute Gasteiger partial charge is 0.0117 e. The van der Waals surface area contributed by atoms with Crippen LogP contribution >= 0.6 is 11.9 Å². The lowest BCUT2D eigenvalue weighted by Crippen LogP contribution is -2.42. The van der Waals surface area contributed by atoms with Gasteiger partial charge in [-0.25, -0.2) is 0 Å². The zero-order valence-corrected chi connectivity index (χ0v) is 10.8. The second kappa shape index (κ2) is 5.99. The molecule has 3 heteroatoms. The number of rotatable bonds is 4. The molecule has 0 bridgehead atoms. The van der Waals surface area contributed by atoms with E-state index in [2.05, 4.69) is 36.4 Å². The lowest BCUT2D eigenvalue weighted by Gasteiger charge is -2.36. The SMILES string of the molecule is CSN1CCC(N(C)CC(C)C)CC1. The Morgan fingerprint density at radius 3 is 2.36 bits per heavy atom. The van der Waals surface area contributed by atoms with Crippen LogP contribution in [0.5, 0.6) is 0 Å². The first-order valence-corrected chi connectivity index (χ1v) is 6.81. The molecule has 0 aromatic rings. The maximum atomic E-state index is 2.54. The van der Waals surface area contributed by atoms with Crippen LogP contribution in [0.3, 0.4) is 0 Å². The minimum atomic E-state index is 0.790. The summed E-state index contributed by atoms with van der Waals surface area (Å²) in [6.45, 7) is 8.35. The standard InChI is InChI=1S/C11H24N2S/c1-10(2)9-12(3)11-5-7-13(14-4)8-6-11/h10-11H,5-9H2,1-4H3. The molecule has 1 rings (SSSR count). The fourth-order valence-corrected chi connectivity index (χ4v) is 2.77. The van der Waals surface area contributed by atoms with Crippen molar-refractivity contribution < 1.29 is 0 Å². The molecule has 1 fully saturated rings. The Morgan fingerprint density at radius 2 is 1.93 bits per heavy atom. The van der Waals surface area contributed by atoms with Gasteiger partial charge in [0.25, 0.3) is 0 Å². The van der Waals surface area contributed by atoms with Crippen molar-refractivity contribution in [3.63, 3.8) is 0 Å². The molecule has 1 aliphatic heterocycles. The topological polar surface area (TPSA) is 6.48 Å². The van der Waals surface area contributed by atoms with E-state index in [1.165, 1.54) is 32.5 Å². The summed E-state index contributed by atoms with van der Waals surface area (Å²) in [5.41, 5.74) is 0. The Labute approximate surface area is 93.2 Å². The van der Waals surface area contributed by atoms with Crippen molar-refractivity contribution in [2.75, 3.05) is 32.9 Å². The number of hydrogen-bond donors (Lipinski definition) is 0. The molecule has 0 atom stereocenters. The van der Waals surface area contributed by atoms with Crippen LogP contribution in [-0.2, 0) is 0 Å². The van der Waals surface area contributed by atoms with Gasteiger partial charge in [-0.1, -0.05) is 25.8 Å². The molecule has 2 nitrogen and oxygen atoms in total. The van der Waals surface area contributed by atoms with Gasteiger partial charge in [0.05, 0.1) is 0 Å². The molecule has 1 heterocycles. The van der Waals surface area contributed by atoms with Gasteiger partial charge in [-0.3, -0.25) is 4.31 Å². The van der Waals surface area contributed by atoms with Gasteiger partial charge in [-0.15, -0.1) is 0 Å². The third kappa shape index (κ3) is 3.79. The molecule has 14 heavy (non-hydrogen) atoms. The zero-order chi connectivity index (χ0) is 10.6. The molecular formula is C11H24N2S. The van der Waals surface area contributed by atoms with Crippen LogP contribution < -0.4 is 0 Å². The zero-order valence-electron chi connectivity index (χ0n) is 9.99. The van der Waals surface area contributed by atoms with Gasteiger partial charge in [0.15, 0.2) is 0 Å². The summed E-state index contributed by atoms with van der Waals surface area (Å²) < 4.78 is 2.47. The number of nitrogens with zero attached hydrogens (tertiary/aromatic N) is 2. The monoisotopic (exact) mass is 216 g/mol. The van der Waals surface area contributed by atoms with E-state index in [0.29, 0.717) is 0 Å². The molecule has 0 aliphatic carbocycles. The van der Waals surface area contributed by atoms with Gasteiger partial charge in [-0.2, -0.15) is 0 Å². The predicted octanol–water partition coefficient (Wildman–Crippen LogP) is 2.32. The second-order valence-corrected chi connectivity index (χ2v) is 5.56. The Balaban J connectivity index is 2.26. The third-order valence-electron chi connectivity index (χ3n) is 2.96. The maximum Gasteiger partial charge on any atom is 0.0117 e. The molecule has 84 valence electrons. The van der Waals surface area contributed by atoms with E-state index in [-0.39, 0.29) is 0 Å². The Hall–Kier alpha value is 0.270. The van der Waals surface area contributed by atoms with E-state index < -0.39 is 0 Å². The van der Waals surface area contributed by atoms with Crippen LogP contribution in [0.25, 0.3) is 0 Å². The van der Waals surface area contributed by atoms with Gasteiger partial charge in [-0.05, 0) is 32.1 Å². The van der Waals surface area contributed by atoms with Crippen molar-refractivity contribution in [1.82, 2.24) is 9.21 Å². The Kier molecular flexibility index (Phi) is 5.28. The van der Waals surface area contributed by atoms with E-state index >= 15 is 0 Å². The van der Waals surface area contributed by atoms with Crippen LogP contribution in [0.4, 0.5) is 0 Å². The van der Waals surface area contributed by atoms with Crippen molar-refractivity contribution in [1.29, 1.82) is 0 Å². The van der Waals surface area contributed by atoms with Gasteiger partial charge < -0.3 is 4.90 Å². The fourth-order valence-electron chi connectivity index (χ4n) is 2.19. The number of hydrogen-bond acceptors (Lipinski definition) is 3. The summed E-state index contributed by atoms with van der Waals surface area (Å²) >= 11 is 1.89. The highest BCUT2D eigenvalue weighted by Crippen LogP contribution is 2.20. The van der Waals surface area contributed by atoms with Crippen LogP contribution in [0.1, 0.15) is 26.7 Å². The molecule has 0 saturated carbocycles. The van der Waals surface area contributed by atoms with E-state index in [1.54, 1.807) is 0 Å². The third-order valence-corrected chi connectivity index (χ3v) is 3.84. The molecule has 1 saturated heterocycles. The summed E-state index contributed by atoms with van der Waals surface area (Å²) in [6, 6.07) is 0.820. The normalized spacial score (nSPS) is 21.0. The quantitative estimate of drug-likeness (QED) is 0.666. The molecule has 0 amide bonds. The van der Waals surface area contributed by atoms with Crippen LogP contribution in [0.15, 0.2) is 0 Å². The maximum absolute atomic E-state index is 2.54. The van der Waals surface area contributed by atoms with Gasteiger partial charge in [0.1, 0.15) is 0 Å². The fraction of sp³-hybridized carbons (Fsp3) is 1.00. The first kappa shape index (κ1) is 12.3. The largest absolute Gasteiger partial charge is 0.303 e. The van der Waals surface area contributed by atoms with Gasteiger partial charge in [0, 0.05) is 25.7 Å². The van der Waals surface area contributed by atoms with E-state index in [4.69, 9.17) is 0 Å². The summed E-state index contributed by atoms with van der Waals surface area (Å²) in [6.07, 6.45) is 4.85. The highest BCUT2D eigenvalue weighted by atomic mass is 32.2. The summed E-state index contributed by atoms with van der Waals surface area (Å²) in [7, 11) is 2.28. The summed E-state index contributed by atoms with van der Waals surface area (Å²) in [4.78, 5) is 2.54. The van der Waals surface area contributed by atoms with E-state index in [9.17, 15) is 0 Å². The molecule has 0 spiro atoms. The molecule has 0 aromatic heterocycles. The van der Waals surface area contributed by atoms with Crippen molar-refractivity contribution in [3.8, 4) is 0 Å². The van der Waals surface area contributed by atoms with Crippen LogP contribution in [-0.4, -0.2) is 48.2 Å². The Morgan fingerprint density at radius 1 is 1.36 bits per heavy atom. The van der Waals surface area contributed by atoms with Crippen molar-refractivity contribution >= 4 is 11.9 Å². The molecule has 0 radical (unpaired) electrons. The van der Waals surface area contributed by atoms with Gasteiger partial charge >= 0.3 is 0 Å². The Bertz CT molecular complexity index is 153. The highest BCUT2D eigenvalue weighted by Gasteiger charge is 2.21. The van der Waals surface area contributed by atoms with Crippen molar-refractivity contribution in [2.45, 2.75) is 32.7 Å². The molecule has 0 aromatic carbocycles. The van der Waals surface area contributed by atoms with Crippen LogP contribution in [0, 0.1) is 5.92 Å². The first-order valence-electron chi connectivity index (χ1n) is 5.62. The molecule has 1 aliphatic rings. The average Bonchev–Trinajstić information content (AvgIpc) is 2.17. The second-order valence-electron chi connectivity index (χ2n) is 4.68. The number of piperidine rings is 1. The molecular weight excluding hydrogens is 192 g/mol. The van der Waals surface area contributed by atoms with Crippen molar-refractivity contribution in [2.24, 2.45) is 5.92 Å². The van der Waals surface area contributed by atoms with Gasteiger partial charge in [0.2, 0.25) is 0 Å². The lowest BCUT2D eigenvalue weighted by atomic mass is 10.0. The van der Waals surface area contributed by atoms with Crippen molar-refractivity contribution in [3.05, 3.63) is 0 Å². The van der Waals surface area contributed by atoms with E-state index in [1.807, 2.05) is 11.9 Å². The minimum absolute atomic E-state index is 0.790. The molecule has 0 unspecified atom stereocenters. The summed E-state index contributed by atoms with van der Waals surface area (Å²) in [5, 5.41) is 0. The average molecular weight is 216 g/mol. The lowest BCUT2D eigenvalue weighted by molar-refractivity contribution is 0.159. The van der Waals surface area contributed by atoms with Crippen LogP contribution in [0.2, 0.25) is 0 Å². The molecule has 0 N–H and O–H groups in total.